The van der Waals surface area contributed by atoms with E-state index in [2.05, 4.69) is 42.4 Å². The molecule has 3 saturated heterocycles. The lowest BCUT2D eigenvalue weighted by atomic mass is 9.71. The van der Waals surface area contributed by atoms with Crippen molar-refractivity contribution in [1.82, 2.24) is 14.7 Å². The van der Waals surface area contributed by atoms with Crippen molar-refractivity contribution in [2.45, 2.75) is 65.8 Å². The van der Waals surface area contributed by atoms with Crippen LogP contribution in [0.3, 0.4) is 0 Å². The van der Waals surface area contributed by atoms with Gasteiger partial charge >= 0.3 is 0 Å². The zero-order valence-corrected chi connectivity index (χ0v) is 17.3. The number of likely N-dealkylation sites (tertiary alicyclic amines) is 3. The molecule has 25 heavy (non-hydrogen) atoms. The molecule has 0 aromatic rings. The summed E-state index contributed by atoms with van der Waals surface area (Å²) in [5.41, 5.74) is 1.42. The average molecular weight is 348 g/mol. The Morgan fingerprint density at radius 3 is 2.04 bits per heavy atom. The molecule has 3 nitrogen and oxygen atoms in total. The SMILES string of the molecule is CC(C)CC1(CN2CCC3(CC2)CN(CC2CN(C(C)C)C2)C3)CC1. The fourth-order valence-electron chi connectivity index (χ4n) is 5.99. The average Bonchev–Trinajstić information content (AvgIpc) is 3.20. The van der Waals surface area contributed by atoms with E-state index < -0.39 is 0 Å². The van der Waals surface area contributed by atoms with Gasteiger partial charge in [0.05, 0.1) is 0 Å². The van der Waals surface area contributed by atoms with Crippen LogP contribution in [0.2, 0.25) is 0 Å². The van der Waals surface area contributed by atoms with Crippen LogP contribution in [0.1, 0.15) is 59.8 Å². The van der Waals surface area contributed by atoms with E-state index in [1.165, 1.54) is 84.5 Å². The summed E-state index contributed by atoms with van der Waals surface area (Å²) in [6.07, 6.45) is 7.37. The van der Waals surface area contributed by atoms with Crippen LogP contribution < -0.4 is 0 Å². The van der Waals surface area contributed by atoms with Gasteiger partial charge in [0, 0.05) is 45.3 Å². The minimum Gasteiger partial charge on any atom is -0.303 e. The zero-order valence-electron chi connectivity index (χ0n) is 17.3. The first kappa shape index (κ1) is 18.3. The van der Waals surface area contributed by atoms with E-state index in [0.29, 0.717) is 5.41 Å². The van der Waals surface area contributed by atoms with Crippen LogP contribution in [0, 0.1) is 22.7 Å². The molecule has 3 heteroatoms. The number of hydrogen-bond donors (Lipinski definition) is 0. The van der Waals surface area contributed by atoms with Crippen LogP contribution in [0.15, 0.2) is 0 Å². The molecule has 4 rings (SSSR count). The molecule has 0 atom stereocenters. The van der Waals surface area contributed by atoms with Gasteiger partial charge in [-0.25, -0.2) is 0 Å². The van der Waals surface area contributed by atoms with Gasteiger partial charge in [-0.3, -0.25) is 0 Å². The number of hydrogen-bond acceptors (Lipinski definition) is 3. The minimum absolute atomic E-state index is 0.701. The van der Waals surface area contributed by atoms with Crippen molar-refractivity contribution in [2.75, 3.05) is 52.4 Å². The molecule has 0 aromatic heterocycles. The van der Waals surface area contributed by atoms with Crippen molar-refractivity contribution in [3.63, 3.8) is 0 Å². The quantitative estimate of drug-likeness (QED) is 0.697. The van der Waals surface area contributed by atoms with Crippen molar-refractivity contribution in [1.29, 1.82) is 0 Å². The summed E-state index contributed by atoms with van der Waals surface area (Å²) in [6.45, 7) is 20.4. The second-order valence-corrected chi connectivity index (χ2v) is 11.0. The highest BCUT2D eigenvalue weighted by molar-refractivity contribution is 5.02. The Hall–Kier alpha value is -0.120. The highest BCUT2D eigenvalue weighted by Crippen LogP contribution is 2.52. The molecule has 3 aliphatic heterocycles. The lowest BCUT2D eigenvalue weighted by molar-refractivity contribution is -0.0715. The number of piperidine rings is 1. The lowest BCUT2D eigenvalue weighted by Gasteiger charge is -2.56. The predicted molar refractivity (Wildman–Crippen MR) is 106 cm³/mol. The predicted octanol–water partition coefficient (Wildman–Crippen LogP) is 3.55. The van der Waals surface area contributed by atoms with Crippen molar-refractivity contribution in [3.8, 4) is 0 Å². The Morgan fingerprint density at radius 2 is 1.52 bits per heavy atom. The molecule has 0 amide bonds. The van der Waals surface area contributed by atoms with Crippen LogP contribution in [0.25, 0.3) is 0 Å². The van der Waals surface area contributed by atoms with Gasteiger partial charge in [-0.15, -0.1) is 0 Å². The molecule has 3 heterocycles. The van der Waals surface area contributed by atoms with Crippen molar-refractivity contribution in [2.24, 2.45) is 22.7 Å². The van der Waals surface area contributed by atoms with Crippen LogP contribution in [0.4, 0.5) is 0 Å². The topological polar surface area (TPSA) is 9.72 Å². The summed E-state index contributed by atoms with van der Waals surface area (Å²) < 4.78 is 0. The van der Waals surface area contributed by atoms with Gasteiger partial charge in [-0.2, -0.15) is 0 Å². The second kappa shape index (κ2) is 6.80. The first-order chi connectivity index (χ1) is 11.9. The van der Waals surface area contributed by atoms with E-state index in [1.807, 2.05) is 0 Å². The maximum absolute atomic E-state index is 2.82. The molecular formula is C22H41N3. The van der Waals surface area contributed by atoms with Gasteiger partial charge in [0.15, 0.2) is 0 Å². The molecule has 1 saturated carbocycles. The smallest absolute Gasteiger partial charge is 0.00516 e. The molecule has 144 valence electrons. The first-order valence-corrected chi connectivity index (χ1v) is 11.1. The largest absolute Gasteiger partial charge is 0.303 e. The first-order valence-electron chi connectivity index (χ1n) is 11.1. The van der Waals surface area contributed by atoms with Gasteiger partial charge in [0.25, 0.3) is 0 Å². The van der Waals surface area contributed by atoms with Crippen molar-refractivity contribution in [3.05, 3.63) is 0 Å². The molecule has 0 radical (unpaired) electrons. The molecule has 0 bridgehead atoms. The standard InChI is InChI=1S/C22H41N3/c1-18(2)11-21(5-6-21)15-23-9-7-22(8-10-23)16-24(17-22)12-20-13-25(14-20)19(3)4/h18-20H,5-17H2,1-4H3. The number of rotatable bonds is 7. The molecule has 4 aliphatic rings. The van der Waals surface area contributed by atoms with Crippen LogP contribution >= 0.6 is 0 Å². The summed E-state index contributed by atoms with van der Waals surface area (Å²) in [7, 11) is 0. The third kappa shape index (κ3) is 4.09. The Kier molecular flexibility index (Phi) is 4.96. The third-order valence-corrected chi connectivity index (χ3v) is 7.62. The normalized spacial score (nSPS) is 30.0. The van der Waals surface area contributed by atoms with E-state index >= 15 is 0 Å². The van der Waals surface area contributed by atoms with Gasteiger partial charge in [0.1, 0.15) is 0 Å². The summed E-state index contributed by atoms with van der Waals surface area (Å²) in [4.78, 5) is 8.19. The molecule has 4 fully saturated rings. The molecule has 0 unspecified atom stereocenters. The maximum Gasteiger partial charge on any atom is 0.00516 e. The molecule has 1 aliphatic carbocycles. The Morgan fingerprint density at radius 1 is 0.880 bits per heavy atom. The van der Waals surface area contributed by atoms with E-state index in [-0.39, 0.29) is 0 Å². The third-order valence-electron chi connectivity index (χ3n) is 7.62. The summed E-state index contributed by atoms with van der Waals surface area (Å²) in [6, 6.07) is 0.744. The van der Waals surface area contributed by atoms with E-state index in [0.717, 1.165) is 23.3 Å². The van der Waals surface area contributed by atoms with Crippen LogP contribution in [-0.4, -0.2) is 73.1 Å². The highest BCUT2D eigenvalue weighted by Gasteiger charge is 2.48. The Labute approximate surface area is 156 Å². The highest BCUT2D eigenvalue weighted by atomic mass is 15.3. The second-order valence-electron chi connectivity index (χ2n) is 11.0. The van der Waals surface area contributed by atoms with Gasteiger partial charge in [-0.1, -0.05) is 13.8 Å². The fourth-order valence-corrected chi connectivity index (χ4v) is 5.99. The van der Waals surface area contributed by atoms with Crippen molar-refractivity contribution >= 4 is 0 Å². The summed E-state index contributed by atoms with van der Waals surface area (Å²) in [5, 5.41) is 0. The number of nitrogens with zero attached hydrogens (tertiary/aromatic N) is 3. The Bertz CT molecular complexity index is 446. The van der Waals surface area contributed by atoms with Crippen LogP contribution in [-0.2, 0) is 0 Å². The van der Waals surface area contributed by atoms with E-state index in [1.54, 1.807) is 0 Å². The maximum atomic E-state index is 2.82. The molecule has 1 spiro atoms. The molecule has 0 N–H and O–H groups in total. The van der Waals surface area contributed by atoms with Gasteiger partial charge < -0.3 is 14.7 Å². The van der Waals surface area contributed by atoms with E-state index in [4.69, 9.17) is 0 Å². The van der Waals surface area contributed by atoms with Crippen molar-refractivity contribution < 1.29 is 0 Å². The zero-order chi connectivity index (χ0) is 17.7. The fraction of sp³-hybridized carbons (Fsp3) is 1.00. The summed E-state index contributed by atoms with van der Waals surface area (Å²) in [5.74, 6) is 1.82. The minimum atomic E-state index is 0.701. The van der Waals surface area contributed by atoms with Gasteiger partial charge in [0.2, 0.25) is 0 Å². The summed E-state index contributed by atoms with van der Waals surface area (Å²) >= 11 is 0. The molecule has 0 aromatic carbocycles. The van der Waals surface area contributed by atoms with E-state index in [9.17, 15) is 0 Å². The monoisotopic (exact) mass is 347 g/mol. The van der Waals surface area contributed by atoms with Gasteiger partial charge in [-0.05, 0) is 81.7 Å². The van der Waals surface area contributed by atoms with Crippen LogP contribution in [0.5, 0.6) is 0 Å². The molecular weight excluding hydrogens is 306 g/mol. The lowest BCUT2D eigenvalue weighted by Crippen LogP contribution is -2.63. The Balaban J connectivity index is 1.15.